The average Bonchev–Trinajstić information content (AvgIpc) is 2.67. The number of hydrogen-bond donors (Lipinski definition) is 0. The molecule has 0 aromatic heterocycles. The lowest BCUT2D eigenvalue weighted by Crippen LogP contribution is -2.50. The van der Waals surface area contributed by atoms with Crippen molar-refractivity contribution in [2.24, 2.45) is 0 Å². The van der Waals surface area contributed by atoms with Gasteiger partial charge in [0.1, 0.15) is 5.41 Å². The Balaban J connectivity index is 2.24. The van der Waals surface area contributed by atoms with Gasteiger partial charge in [0.2, 0.25) is 0 Å². The highest BCUT2D eigenvalue weighted by atomic mass is 28.3. The lowest BCUT2D eigenvalue weighted by Gasteiger charge is -2.22. The summed E-state index contributed by atoms with van der Waals surface area (Å²) in [5.74, 6) is 0. The molecule has 96 valence electrons. The Bertz CT molecular complexity index is 445. The Morgan fingerprint density at radius 3 is 2.50 bits per heavy atom. The molecule has 0 saturated heterocycles. The fourth-order valence-electron chi connectivity index (χ4n) is 2.61. The molecule has 0 heterocycles. The first kappa shape index (κ1) is 13.3. The molecule has 2 rings (SSSR count). The van der Waals surface area contributed by atoms with Crippen LogP contribution in [0.1, 0.15) is 32.1 Å². The van der Waals surface area contributed by atoms with Gasteiger partial charge in [-0.25, -0.2) is 0 Å². The fourth-order valence-corrected chi connectivity index (χ4v) is 4.93. The molecular formula is C16H22OSi. The predicted octanol–water partition coefficient (Wildman–Crippen LogP) is 3.60. The van der Waals surface area contributed by atoms with E-state index in [-0.39, 0.29) is 0 Å². The molecule has 1 aromatic carbocycles. The summed E-state index contributed by atoms with van der Waals surface area (Å²) >= 11 is 0. The van der Waals surface area contributed by atoms with Crippen molar-refractivity contribution in [2.45, 2.75) is 45.2 Å². The van der Waals surface area contributed by atoms with Gasteiger partial charge < -0.3 is 4.79 Å². The Morgan fingerprint density at radius 1 is 1.06 bits per heavy atom. The summed E-state index contributed by atoms with van der Waals surface area (Å²) in [5.41, 5.74) is 1.10. The van der Waals surface area contributed by atoms with E-state index in [0.717, 1.165) is 18.4 Å². The van der Waals surface area contributed by atoms with Crippen molar-refractivity contribution in [3.8, 4) is 0 Å². The van der Waals surface area contributed by atoms with Crippen LogP contribution in [0.15, 0.2) is 42.0 Å². The average molecular weight is 258 g/mol. The molecule has 0 N–H and O–H groups in total. The first-order chi connectivity index (χ1) is 8.62. The van der Waals surface area contributed by atoms with Gasteiger partial charge in [-0.2, -0.15) is 0 Å². The highest BCUT2D eigenvalue weighted by molar-refractivity contribution is 7.14. The van der Waals surface area contributed by atoms with Gasteiger partial charge in [0.15, 0.2) is 8.07 Å². The summed E-state index contributed by atoms with van der Waals surface area (Å²) in [4.78, 5) is 12.8. The van der Waals surface area contributed by atoms with Crippen LogP contribution in [0.3, 0.4) is 0 Å². The number of benzene rings is 1. The van der Waals surface area contributed by atoms with E-state index in [0.29, 0.717) is 5.41 Å². The minimum Gasteiger partial charge on any atom is -0.300 e. The minimum absolute atomic E-state index is 0.440. The van der Waals surface area contributed by atoms with Gasteiger partial charge in [-0.05, 0) is 31.3 Å². The monoisotopic (exact) mass is 258 g/mol. The third kappa shape index (κ3) is 2.81. The molecular weight excluding hydrogens is 236 g/mol. The van der Waals surface area contributed by atoms with Crippen LogP contribution in [-0.2, 0) is 4.79 Å². The molecule has 0 bridgehead atoms. The molecule has 0 amide bonds. The van der Waals surface area contributed by atoms with Crippen molar-refractivity contribution in [2.75, 3.05) is 0 Å². The maximum atomic E-state index is 12.8. The van der Waals surface area contributed by atoms with Gasteiger partial charge in [-0.3, -0.25) is 0 Å². The largest absolute Gasteiger partial charge is 0.300 e. The molecule has 0 aliphatic heterocycles. The summed E-state index contributed by atoms with van der Waals surface area (Å²) in [5, 5.41) is 1.69. The lowest BCUT2D eigenvalue weighted by atomic mass is 10.1. The topological polar surface area (TPSA) is 17.1 Å². The van der Waals surface area contributed by atoms with Gasteiger partial charge in [-0.15, -0.1) is 0 Å². The second-order valence-electron chi connectivity index (χ2n) is 5.65. The summed E-state index contributed by atoms with van der Waals surface area (Å²) in [6.45, 7) is 4.35. The number of carbonyl (C=O) groups is 1. The van der Waals surface area contributed by atoms with Crippen LogP contribution < -0.4 is 5.19 Å². The normalized spacial score (nSPS) is 16.9. The zero-order valence-corrected chi connectivity index (χ0v) is 12.4. The van der Waals surface area contributed by atoms with E-state index in [1.165, 1.54) is 24.4 Å². The van der Waals surface area contributed by atoms with E-state index in [1.54, 1.807) is 0 Å². The van der Waals surface area contributed by atoms with E-state index in [2.05, 4.69) is 31.3 Å². The number of carbonyl (C=O) groups excluding carboxylic acids is 1. The van der Waals surface area contributed by atoms with Crippen LogP contribution in [-0.4, -0.2) is 13.5 Å². The third-order valence-corrected chi connectivity index (χ3v) is 7.13. The quantitative estimate of drug-likeness (QED) is 0.757. The fraction of sp³-hybridized carbons (Fsp3) is 0.438. The Kier molecular flexibility index (Phi) is 4.18. The molecule has 0 unspecified atom stereocenters. The highest BCUT2D eigenvalue weighted by Gasteiger charge is 2.34. The molecule has 0 atom stereocenters. The van der Waals surface area contributed by atoms with Crippen molar-refractivity contribution in [1.29, 1.82) is 0 Å². The first-order valence-corrected chi connectivity index (χ1v) is 9.92. The molecule has 0 saturated carbocycles. The Labute approximate surface area is 111 Å². The molecule has 18 heavy (non-hydrogen) atoms. The van der Waals surface area contributed by atoms with E-state index in [4.69, 9.17) is 0 Å². The second kappa shape index (κ2) is 5.66. The number of allylic oxidation sites excluding steroid dienone is 2. The van der Waals surface area contributed by atoms with E-state index in [1.807, 2.05) is 18.2 Å². The lowest BCUT2D eigenvalue weighted by molar-refractivity contribution is -0.109. The SMILES string of the molecule is C[Si](C)(C(=O)C1=CCCCCC1)c1ccccc1. The van der Waals surface area contributed by atoms with Crippen molar-refractivity contribution in [1.82, 2.24) is 0 Å². The van der Waals surface area contributed by atoms with Crippen molar-refractivity contribution in [3.63, 3.8) is 0 Å². The predicted molar refractivity (Wildman–Crippen MR) is 79.7 cm³/mol. The molecule has 0 radical (unpaired) electrons. The van der Waals surface area contributed by atoms with Gasteiger partial charge in [0.05, 0.1) is 0 Å². The van der Waals surface area contributed by atoms with E-state index >= 15 is 0 Å². The van der Waals surface area contributed by atoms with Crippen LogP contribution in [0, 0.1) is 0 Å². The van der Waals surface area contributed by atoms with Gasteiger partial charge in [-0.1, -0.05) is 61.1 Å². The van der Waals surface area contributed by atoms with E-state index in [9.17, 15) is 4.79 Å². The maximum absolute atomic E-state index is 12.8. The van der Waals surface area contributed by atoms with Crippen molar-refractivity contribution in [3.05, 3.63) is 42.0 Å². The van der Waals surface area contributed by atoms with Crippen LogP contribution in [0.2, 0.25) is 13.1 Å². The molecule has 2 heteroatoms. The minimum atomic E-state index is -2.00. The second-order valence-corrected chi connectivity index (χ2v) is 9.93. The standard InChI is InChI=1S/C16H22OSi/c1-18(2,15-12-8-5-9-13-15)16(17)14-10-6-3-4-7-11-14/h5,8-10,12-13H,3-4,6-7,11H2,1-2H3. The Hall–Kier alpha value is -1.15. The summed E-state index contributed by atoms with van der Waals surface area (Å²) in [6.07, 6.45) is 7.96. The van der Waals surface area contributed by atoms with Crippen LogP contribution in [0.5, 0.6) is 0 Å². The third-order valence-electron chi connectivity index (χ3n) is 3.90. The van der Waals surface area contributed by atoms with Crippen molar-refractivity contribution >= 4 is 18.7 Å². The zero-order chi connectivity index (χ0) is 13.0. The van der Waals surface area contributed by atoms with Crippen LogP contribution >= 0.6 is 0 Å². The van der Waals surface area contributed by atoms with E-state index < -0.39 is 8.07 Å². The summed E-state index contributed by atoms with van der Waals surface area (Å²) < 4.78 is 0. The first-order valence-electron chi connectivity index (χ1n) is 6.92. The summed E-state index contributed by atoms with van der Waals surface area (Å²) in [7, 11) is -2.00. The number of hydrogen-bond acceptors (Lipinski definition) is 1. The Morgan fingerprint density at radius 2 is 1.78 bits per heavy atom. The van der Waals surface area contributed by atoms with Crippen molar-refractivity contribution < 1.29 is 4.79 Å². The molecule has 0 fully saturated rings. The molecule has 1 aromatic rings. The maximum Gasteiger partial charge on any atom is 0.163 e. The number of rotatable bonds is 3. The van der Waals surface area contributed by atoms with Gasteiger partial charge >= 0.3 is 0 Å². The molecule has 0 spiro atoms. The van der Waals surface area contributed by atoms with Gasteiger partial charge in [0.25, 0.3) is 0 Å². The molecule has 1 nitrogen and oxygen atoms in total. The van der Waals surface area contributed by atoms with Crippen LogP contribution in [0.4, 0.5) is 0 Å². The van der Waals surface area contributed by atoms with Gasteiger partial charge in [0, 0.05) is 0 Å². The zero-order valence-electron chi connectivity index (χ0n) is 11.4. The smallest absolute Gasteiger partial charge is 0.163 e. The van der Waals surface area contributed by atoms with Crippen LogP contribution in [0.25, 0.3) is 0 Å². The summed E-state index contributed by atoms with van der Waals surface area (Å²) in [6, 6.07) is 10.3. The molecule has 1 aliphatic rings. The molecule has 1 aliphatic carbocycles. The highest BCUT2D eigenvalue weighted by Crippen LogP contribution is 2.21.